The normalized spacial score (nSPS) is 45.7. The fraction of sp³-hybridized carbons (Fsp3) is 0.867. The average molecular weight is 791 g/mol. The first kappa shape index (κ1) is 44.0. The number of methoxy groups -OCH3 is 2. The lowest BCUT2D eigenvalue weighted by atomic mass is 9.90. The summed E-state index contributed by atoms with van der Waals surface area (Å²) in [5.41, 5.74) is 0. The topological polar surface area (TPSA) is 363 Å². The van der Waals surface area contributed by atoms with E-state index in [4.69, 9.17) is 47.4 Å². The van der Waals surface area contributed by atoms with Gasteiger partial charge in [0.25, 0.3) is 0 Å². The number of aliphatic carboxylic acids is 4. The molecule has 8 unspecified atom stereocenters. The van der Waals surface area contributed by atoms with Crippen LogP contribution >= 0.6 is 0 Å². The molecule has 0 amide bonds. The van der Waals surface area contributed by atoms with Crippen LogP contribution in [-0.2, 0) is 66.5 Å². The van der Waals surface area contributed by atoms with Gasteiger partial charge in [0.05, 0.1) is 25.4 Å². The zero-order chi connectivity index (χ0) is 40.3. The van der Waals surface area contributed by atoms with Crippen molar-refractivity contribution in [1.82, 2.24) is 0 Å². The number of carboxylic acids is 4. The Morgan fingerprint density at radius 1 is 0.463 bits per heavy atom. The minimum Gasteiger partial charge on any atom is -0.479 e. The molecule has 4 aliphatic rings. The van der Waals surface area contributed by atoms with Crippen molar-refractivity contribution in [2.75, 3.05) is 27.4 Å². The van der Waals surface area contributed by atoms with Crippen LogP contribution in [0.4, 0.5) is 0 Å². The van der Waals surface area contributed by atoms with Crippen LogP contribution in [0.3, 0.4) is 0 Å². The summed E-state index contributed by atoms with van der Waals surface area (Å²) in [6, 6.07) is 0. The van der Waals surface area contributed by atoms with Gasteiger partial charge in [-0.3, -0.25) is 0 Å². The number of carbonyl (C=O) groups is 4. The Bertz CT molecular complexity index is 1300. The summed E-state index contributed by atoms with van der Waals surface area (Å²) in [6.07, 6.45) is -33.8. The Morgan fingerprint density at radius 3 is 1.43 bits per heavy atom. The number of hydrogen-bond donors (Lipinski definition) is 10. The third-order valence-corrected chi connectivity index (χ3v) is 9.56. The van der Waals surface area contributed by atoms with E-state index in [-0.39, 0.29) is 0 Å². The Balaban J connectivity index is 1.51. The van der Waals surface area contributed by atoms with Gasteiger partial charge in [-0.25, -0.2) is 19.2 Å². The molecule has 4 fully saturated rings. The zero-order valence-electron chi connectivity index (χ0n) is 29.1. The van der Waals surface area contributed by atoms with Gasteiger partial charge in [-0.2, -0.15) is 0 Å². The molecule has 0 saturated carbocycles. The summed E-state index contributed by atoms with van der Waals surface area (Å²) >= 11 is 0. The molecule has 10 N–H and O–H groups in total. The van der Waals surface area contributed by atoms with Gasteiger partial charge < -0.3 is 98.4 Å². The van der Waals surface area contributed by atoms with Gasteiger partial charge in [0.15, 0.2) is 43.3 Å². The summed E-state index contributed by atoms with van der Waals surface area (Å²) in [5, 5.41) is 103. The summed E-state index contributed by atoms with van der Waals surface area (Å²) in [5.74, 6) is -7.62. The number of hydrogen-bond acceptors (Lipinski definition) is 20. The van der Waals surface area contributed by atoms with Gasteiger partial charge in [0.2, 0.25) is 0 Å². The van der Waals surface area contributed by atoms with Gasteiger partial charge in [0.1, 0.15) is 61.0 Å². The molecule has 4 heterocycles. The van der Waals surface area contributed by atoms with E-state index in [1.807, 2.05) is 0 Å². The van der Waals surface area contributed by atoms with Crippen molar-refractivity contribution < 1.29 is 118 Å². The smallest absolute Gasteiger partial charge is 0.335 e. The standard InChI is InChI=1S/C30H46O24/c1-7-9(31)19(30(50-15(7)24(37)38)52-18-12(34)13(35)28(46-4)53-22(18)26(41)42)48-6-5-47-16-14(36)29(54-23(27(43)44)20(16)45-3)51-17-11(33)10(32)8(2)49-21(17)25(39)40/h7-23,28-36H,5-6H2,1-4H3,(H,37,38)(H,39,40)(H,41,42)(H,43,44)/t7-,8-,9-,10?,11+,12?,13?,14?,15?,16?,17-,18+,19?,20+,21?,22+,23+,28-,29-,30-/m0/s1. The second kappa shape index (κ2) is 18.5. The molecule has 24 nitrogen and oxygen atoms in total. The van der Waals surface area contributed by atoms with Crippen LogP contribution < -0.4 is 0 Å². The lowest BCUT2D eigenvalue weighted by Gasteiger charge is -2.46. The molecule has 310 valence electrons. The number of carboxylic acid groups (broad SMARTS) is 4. The SMILES string of the molecule is CO[C@H]1O[C@@H](C(=O)O)[C@H](O[C@@H]2OC(C(=O)O)[C@@H](C)[C@H](O)C2OCCOC2C(O)[C@@H](O[C@@H]3C(C(=O)O)O[C@@H](C)C(O)[C@H]3O)O[C@@H](C(=O)O)[C@@H]2OC)C(O)C1O. The highest BCUT2D eigenvalue weighted by Crippen LogP contribution is 2.34. The van der Waals surface area contributed by atoms with Crippen molar-refractivity contribution >= 4 is 23.9 Å². The van der Waals surface area contributed by atoms with Gasteiger partial charge in [-0.05, 0) is 6.92 Å². The fourth-order valence-corrected chi connectivity index (χ4v) is 6.59. The van der Waals surface area contributed by atoms with E-state index in [0.717, 1.165) is 14.2 Å². The Kier molecular flexibility index (Phi) is 15.0. The predicted molar refractivity (Wildman–Crippen MR) is 163 cm³/mol. The van der Waals surface area contributed by atoms with E-state index < -0.39 is 160 Å². The molecule has 54 heavy (non-hydrogen) atoms. The average Bonchev–Trinajstić information content (AvgIpc) is 3.11. The van der Waals surface area contributed by atoms with E-state index in [9.17, 15) is 70.2 Å². The van der Waals surface area contributed by atoms with Gasteiger partial charge in [-0.1, -0.05) is 6.92 Å². The Morgan fingerprint density at radius 2 is 0.907 bits per heavy atom. The largest absolute Gasteiger partial charge is 0.479 e. The van der Waals surface area contributed by atoms with Crippen molar-refractivity contribution in [3.8, 4) is 0 Å². The number of rotatable bonds is 15. The molecular weight excluding hydrogens is 744 g/mol. The van der Waals surface area contributed by atoms with Crippen molar-refractivity contribution in [2.45, 2.75) is 130 Å². The van der Waals surface area contributed by atoms with Gasteiger partial charge >= 0.3 is 23.9 Å². The van der Waals surface area contributed by atoms with Crippen LogP contribution in [0.5, 0.6) is 0 Å². The van der Waals surface area contributed by atoms with Gasteiger partial charge in [-0.15, -0.1) is 0 Å². The predicted octanol–water partition coefficient (Wildman–Crippen LogP) is -5.71. The highest BCUT2D eigenvalue weighted by Gasteiger charge is 2.56. The first-order valence-electron chi connectivity index (χ1n) is 16.6. The Hall–Kier alpha value is -2.76. The summed E-state index contributed by atoms with van der Waals surface area (Å²) in [6.45, 7) is 1.48. The maximum Gasteiger partial charge on any atom is 0.335 e. The van der Waals surface area contributed by atoms with Crippen LogP contribution in [-0.4, -0.2) is 219 Å². The molecule has 0 spiro atoms. The molecular formula is C30H46O24. The number of aliphatic hydroxyl groups is 6. The maximum absolute atomic E-state index is 12.2. The second-order valence-electron chi connectivity index (χ2n) is 13.0. The van der Waals surface area contributed by atoms with E-state index in [1.165, 1.54) is 13.8 Å². The highest BCUT2D eigenvalue weighted by molar-refractivity contribution is 5.74. The molecule has 0 aliphatic carbocycles. The second-order valence-corrected chi connectivity index (χ2v) is 13.0. The fourth-order valence-electron chi connectivity index (χ4n) is 6.59. The molecule has 20 atom stereocenters. The minimum absolute atomic E-state index is 0.556. The van der Waals surface area contributed by atoms with Crippen LogP contribution in [0.1, 0.15) is 13.8 Å². The summed E-state index contributed by atoms with van der Waals surface area (Å²) in [7, 11) is 2.14. The van der Waals surface area contributed by atoms with E-state index >= 15 is 0 Å². The lowest BCUT2D eigenvalue weighted by molar-refractivity contribution is -0.350. The van der Waals surface area contributed by atoms with Crippen molar-refractivity contribution in [3.05, 3.63) is 0 Å². The molecule has 0 bridgehead atoms. The lowest BCUT2D eigenvalue weighted by Crippen LogP contribution is -2.66. The van der Waals surface area contributed by atoms with Crippen LogP contribution in [0.2, 0.25) is 0 Å². The van der Waals surface area contributed by atoms with E-state index in [1.54, 1.807) is 0 Å². The van der Waals surface area contributed by atoms with Gasteiger partial charge in [0, 0.05) is 20.1 Å². The summed E-state index contributed by atoms with van der Waals surface area (Å²) in [4.78, 5) is 48.0. The highest BCUT2D eigenvalue weighted by atomic mass is 16.8. The van der Waals surface area contributed by atoms with Crippen LogP contribution in [0.25, 0.3) is 0 Å². The number of ether oxygens (including phenoxy) is 10. The molecule has 4 saturated heterocycles. The molecule has 0 aromatic rings. The molecule has 4 aliphatic heterocycles. The molecule has 24 heteroatoms. The maximum atomic E-state index is 12.2. The van der Waals surface area contributed by atoms with Crippen molar-refractivity contribution in [1.29, 1.82) is 0 Å². The molecule has 0 aromatic heterocycles. The van der Waals surface area contributed by atoms with E-state index in [0.29, 0.717) is 0 Å². The summed E-state index contributed by atoms with van der Waals surface area (Å²) < 4.78 is 54.0. The zero-order valence-corrected chi connectivity index (χ0v) is 29.1. The van der Waals surface area contributed by atoms with E-state index in [2.05, 4.69) is 0 Å². The third-order valence-electron chi connectivity index (χ3n) is 9.56. The third kappa shape index (κ3) is 9.10. The molecule has 4 rings (SSSR count). The van der Waals surface area contributed by atoms with Crippen LogP contribution in [0.15, 0.2) is 0 Å². The molecule has 0 radical (unpaired) electrons. The molecule has 0 aromatic carbocycles. The monoisotopic (exact) mass is 790 g/mol. The first-order valence-corrected chi connectivity index (χ1v) is 16.6. The Labute approximate surface area is 305 Å². The van der Waals surface area contributed by atoms with Crippen LogP contribution in [0, 0.1) is 5.92 Å². The minimum atomic E-state index is -2.01. The quantitative estimate of drug-likeness (QED) is 0.0691. The van der Waals surface area contributed by atoms with Crippen molar-refractivity contribution in [3.63, 3.8) is 0 Å². The number of aliphatic hydroxyl groups excluding tert-OH is 6. The van der Waals surface area contributed by atoms with Crippen molar-refractivity contribution in [2.24, 2.45) is 5.92 Å². The first-order chi connectivity index (χ1) is 25.4.